The van der Waals surface area contributed by atoms with Gasteiger partial charge in [-0.15, -0.1) is 22.9 Å². The van der Waals surface area contributed by atoms with E-state index in [9.17, 15) is 8.42 Å². The number of aryl methyl sites for hydroxylation is 1. The van der Waals surface area contributed by atoms with Gasteiger partial charge in [-0.2, -0.15) is 4.31 Å². The molecule has 0 saturated carbocycles. The summed E-state index contributed by atoms with van der Waals surface area (Å²) in [6.07, 6.45) is 0. The molecule has 1 aromatic heterocycles. The van der Waals surface area contributed by atoms with Gasteiger partial charge in [0.25, 0.3) is 0 Å². The normalized spacial score (nSPS) is 12.0. The van der Waals surface area contributed by atoms with Crippen molar-refractivity contribution in [2.24, 2.45) is 0 Å². The Balaban J connectivity index is 2.29. The number of benzene rings is 1. The quantitative estimate of drug-likeness (QED) is 0.760. The van der Waals surface area contributed by atoms with Gasteiger partial charge in [0.2, 0.25) is 10.0 Å². The Hall–Kier alpha value is -0.660. The van der Waals surface area contributed by atoms with Crippen LogP contribution in [0.4, 0.5) is 0 Å². The van der Waals surface area contributed by atoms with E-state index in [1.165, 1.54) is 34.8 Å². The molecule has 1 aromatic carbocycles. The summed E-state index contributed by atoms with van der Waals surface area (Å²) in [5.41, 5.74) is 3.26. The molecular formula is C13H14Cl2N2O2S2. The van der Waals surface area contributed by atoms with Gasteiger partial charge in [-0.1, -0.05) is 17.7 Å². The molecule has 114 valence electrons. The summed E-state index contributed by atoms with van der Waals surface area (Å²) in [5.74, 6) is 0.245. The summed E-state index contributed by atoms with van der Waals surface area (Å²) in [7, 11) is -2.06. The molecule has 0 spiro atoms. The van der Waals surface area contributed by atoms with Crippen LogP contribution in [0.15, 0.2) is 28.6 Å². The molecule has 0 fully saturated rings. The molecule has 0 radical (unpaired) electrons. The second-order valence-electron chi connectivity index (χ2n) is 4.51. The van der Waals surface area contributed by atoms with Gasteiger partial charge in [0.05, 0.1) is 16.1 Å². The van der Waals surface area contributed by atoms with Crippen LogP contribution in [-0.2, 0) is 22.4 Å². The molecule has 1 heterocycles. The first kappa shape index (κ1) is 16.7. The number of halogens is 2. The SMILES string of the molecule is Cc1ncsc1CN(C)S(=O)(=O)c1ccc(CCl)c(Cl)c1. The number of hydrogen-bond donors (Lipinski definition) is 0. The summed E-state index contributed by atoms with van der Waals surface area (Å²) in [6, 6.07) is 4.59. The average molecular weight is 365 g/mol. The zero-order valence-corrected chi connectivity index (χ0v) is 14.7. The fourth-order valence-corrected chi connectivity index (χ4v) is 4.43. The molecule has 0 bridgehead atoms. The van der Waals surface area contributed by atoms with Gasteiger partial charge in [0, 0.05) is 29.4 Å². The van der Waals surface area contributed by atoms with E-state index in [1.807, 2.05) is 6.92 Å². The van der Waals surface area contributed by atoms with Gasteiger partial charge in [0.1, 0.15) is 0 Å². The lowest BCUT2D eigenvalue weighted by molar-refractivity contribution is 0.468. The van der Waals surface area contributed by atoms with Crippen molar-refractivity contribution in [3.63, 3.8) is 0 Å². The molecule has 0 unspecified atom stereocenters. The highest BCUT2D eigenvalue weighted by atomic mass is 35.5. The van der Waals surface area contributed by atoms with Crippen LogP contribution in [0, 0.1) is 6.92 Å². The van der Waals surface area contributed by atoms with Crippen molar-refractivity contribution in [2.45, 2.75) is 24.2 Å². The second kappa shape index (κ2) is 6.62. The molecule has 8 heteroatoms. The molecule has 21 heavy (non-hydrogen) atoms. The van der Waals surface area contributed by atoms with Gasteiger partial charge in [-0.25, -0.2) is 13.4 Å². The lowest BCUT2D eigenvalue weighted by Gasteiger charge is -2.17. The zero-order valence-electron chi connectivity index (χ0n) is 11.5. The monoisotopic (exact) mass is 364 g/mol. The van der Waals surface area contributed by atoms with Crippen LogP contribution in [-0.4, -0.2) is 24.8 Å². The number of rotatable bonds is 5. The largest absolute Gasteiger partial charge is 0.250 e. The number of aromatic nitrogens is 1. The first-order chi connectivity index (χ1) is 9.86. The lowest BCUT2D eigenvalue weighted by atomic mass is 10.2. The van der Waals surface area contributed by atoms with Gasteiger partial charge in [-0.3, -0.25) is 0 Å². The summed E-state index contributed by atoms with van der Waals surface area (Å²) in [4.78, 5) is 5.20. The minimum absolute atomic E-state index is 0.158. The molecule has 0 amide bonds. The highest BCUT2D eigenvalue weighted by Crippen LogP contribution is 2.25. The van der Waals surface area contributed by atoms with Crippen molar-refractivity contribution in [3.05, 3.63) is 44.9 Å². The van der Waals surface area contributed by atoms with Gasteiger partial charge < -0.3 is 0 Å². The Morgan fingerprint density at radius 2 is 2.10 bits per heavy atom. The summed E-state index contributed by atoms with van der Waals surface area (Å²) in [6.45, 7) is 2.14. The summed E-state index contributed by atoms with van der Waals surface area (Å²) in [5, 5.41) is 0.355. The van der Waals surface area contributed by atoms with Crippen LogP contribution in [0.2, 0.25) is 5.02 Å². The maximum absolute atomic E-state index is 12.5. The standard InChI is InChI=1S/C13H14Cl2N2O2S2/c1-9-13(20-8-16-9)7-17(2)21(18,19)11-4-3-10(6-14)12(15)5-11/h3-5,8H,6-7H2,1-2H3. The van der Waals surface area contributed by atoms with E-state index in [0.29, 0.717) is 10.6 Å². The minimum Gasteiger partial charge on any atom is -0.250 e. The van der Waals surface area contributed by atoms with Crippen LogP contribution in [0.1, 0.15) is 16.1 Å². The highest BCUT2D eigenvalue weighted by molar-refractivity contribution is 7.89. The van der Waals surface area contributed by atoms with Crippen molar-refractivity contribution in [3.8, 4) is 0 Å². The number of hydrogen-bond acceptors (Lipinski definition) is 4. The van der Waals surface area contributed by atoms with Gasteiger partial charge in [-0.05, 0) is 24.6 Å². The molecule has 0 aliphatic carbocycles. The lowest BCUT2D eigenvalue weighted by Crippen LogP contribution is -2.26. The predicted molar refractivity (Wildman–Crippen MR) is 86.5 cm³/mol. The fourth-order valence-electron chi connectivity index (χ4n) is 1.74. The Bertz CT molecular complexity index is 744. The summed E-state index contributed by atoms with van der Waals surface area (Å²) >= 11 is 13.2. The Labute approximate surface area is 138 Å². The molecular weight excluding hydrogens is 351 g/mol. The van der Waals surface area contributed by atoms with Crippen LogP contribution in [0.5, 0.6) is 0 Å². The number of alkyl halides is 1. The van der Waals surface area contributed by atoms with E-state index in [1.54, 1.807) is 11.6 Å². The molecule has 2 aromatic rings. The highest BCUT2D eigenvalue weighted by Gasteiger charge is 2.22. The minimum atomic E-state index is -3.59. The molecule has 0 N–H and O–H groups in total. The first-order valence-corrected chi connectivity index (χ1v) is 9.29. The third-order valence-electron chi connectivity index (χ3n) is 3.09. The van der Waals surface area contributed by atoms with Crippen molar-refractivity contribution in [2.75, 3.05) is 7.05 Å². The molecule has 0 aliphatic heterocycles. The fraction of sp³-hybridized carbons (Fsp3) is 0.308. The molecule has 4 nitrogen and oxygen atoms in total. The van der Waals surface area contributed by atoms with E-state index in [-0.39, 0.29) is 17.3 Å². The van der Waals surface area contributed by atoms with Crippen LogP contribution in [0.25, 0.3) is 0 Å². The smallest absolute Gasteiger partial charge is 0.243 e. The second-order valence-corrected chi connectivity index (χ2v) is 8.17. The molecule has 2 rings (SSSR count). The van der Waals surface area contributed by atoms with Gasteiger partial charge in [0.15, 0.2) is 0 Å². The van der Waals surface area contributed by atoms with E-state index in [0.717, 1.165) is 10.6 Å². The van der Waals surface area contributed by atoms with E-state index < -0.39 is 10.0 Å². The molecule has 0 saturated heterocycles. The Morgan fingerprint density at radius 1 is 1.38 bits per heavy atom. The van der Waals surface area contributed by atoms with Crippen LogP contribution < -0.4 is 0 Å². The van der Waals surface area contributed by atoms with E-state index >= 15 is 0 Å². The molecule has 0 aliphatic rings. The first-order valence-electron chi connectivity index (χ1n) is 6.06. The van der Waals surface area contributed by atoms with Crippen LogP contribution in [0.3, 0.4) is 0 Å². The van der Waals surface area contributed by atoms with Gasteiger partial charge >= 0.3 is 0 Å². The van der Waals surface area contributed by atoms with Crippen molar-refractivity contribution in [1.29, 1.82) is 0 Å². The molecule has 0 atom stereocenters. The topological polar surface area (TPSA) is 50.3 Å². The Kier molecular flexibility index (Phi) is 5.27. The number of nitrogens with zero attached hydrogens (tertiary/aromatic N) is 2. The van der Waals surface area contributed by atoms with Crippen molar-refractivity contribution in [1.82, 2.24) is 9.29 Å². The van der Waals surface area contributed by atoms with Crippen LogP contribution >= 0.6 is 34.5 Å². The van der Waals surface area contributed by atoms with E-state index in [4.69, 9.17) is 23.2 Å². The number of thiazole rings is 1. The third-order valence-corrected chi connectivity index (χ3v) is 6.45. The number of sulfonamides is 1. The third kappa shape index (κ3) is 3.57. The maximum atomic E-state index is 12.5. The maximum Gasteiger partial charge on any atom is 0.243 e. The average Bonchev–Trinajstić information content (AvgIpc) is 2.84. The summed E-state index contributed by atoms with van der Waals surface area (Å²) < 4.78 is 26.4. The van der Waals surface area contributed by atoms with E-state index in [2.05, 4.69) is 4.98 Å². The Morgan fingerprint density at radius 3 is 2.62 bits per heavy atom. The van der Waals surface area contributed by atoms with Crippen molar-refractivity contribution < 1.29 is 8.42 Å². The predicted octanol–water partition coefficient (Wildman–Crippen LogP) is 3.66. The zero-order chi connectivity index (χ0) is 15.6. The van der Waals surface area contributed by atoms with Crippen molar-refractivity contribution >= 4 is 44.6 Å².